The zero-order valence-electron chi connectivity index (χ0n) is 18.0. The van der Waals surface area contributed by atoms with Crippen molar-refractivity contribution >= 4 is 23.2 Å². The van der Waals surface area contributed by atoms with Gasteiger partial charge in [-0.2, -0.15) is 0 Å². The van der Waals surface area contributed by atoms with Gasteiger partial charge in [0.05, 0.1) is 23.3 Å². The number of rotatable bonds is 7. The monoisotopic (exact) mass is 406 g/mol. The molecule has 2 aliphatic heterocycles. The van der Waals surface area contributed by atoms with E-state index in [1.54, 1.807) is 0 Å². The van der Waals surface area contributed by atoms with E-state index >= 15 is 0 Å². The Kier molecular flexibility index (Phi) is 5.91. The molecular formula is C25H30N2O3. The van der Waals surface area contributed by atoms with Gasteiger partial charge in [-0.3, -0.25) is 14.4 Å². The highest BCUT2D eigenvalue weighted by Gasteiger charge is 2.61. The first-order chi connectivity index (χ1) is 14.6. The van der Waals surface area contributed by atoms with E-state index in [0.29, 0.717) is 5.69 Å². The van der Waals surface area contributed by atoms with Gasteiger partial charge in [-0.25, -0.2) is 9.96 Å². The summed E-state index contributed by atoms with van der Waals surface area (Å²) in [7, 11) is 0. The Labute approximate surface area is 178 Å². The summed E-state index contributed by atoms with van der Waals surface area (Å²) in [5, 5.41) is 1.85. The molecular weight excluding hydrogens is 376 g/mol. The van der Waals surface area contributed by atoms with Crippen LogP contribution in [0.15, 0.2) is 54.6 Å². The van der Waals surface area contributed by atoms with Gasteiger partial charge in [-0.15, -0.1) is 0 Å². The third-order valence-corrected chi connectivity index (χ3v) is 6.46. The first kappa shape index (κ1) is 20.6. The molecule has 2 aromatic rings. The number of imide groups is 1. The molecule has 0 N–H and O–H groups in total. The molecule has 0 unspecified atom stereocenters. The molecule has 2 saturated heterocycles. The standard InChI is InChI=1S/C25H30N2O3/c1-4-6-13-18(5-2)22-21-23(30-27(22)19-14-8-7-9-15-19)25(29)26(24(21)28)20-16-11-10-12-17(20)3/h7-12,14-16,18,21-23H,4-6,13H2,1-3H3/t18-,21-,22+,23-/m1/s1. The Morgan fingerprint density at radius 2 is 1.67 bits per heavy atom. The number of aryl methyl sites for hydroxylation is 1. The molecule has 2 aliphatic rings. The van der Waals surface area contributed by atoms with Gasteiger partial charge in [0.15, 0.2) is 6.10 Å². The summed E-state index contributed by atoms with van der Waals surface area (Å²) in [5.41, 5.74) is 2.47. The van der Waals surface area contributed by atoms with E-state index in [4.69, 9.17) is 4.84 Å². The number of hydrogen-bond donors (Lipinski definition) is 0. The van der Waals surface area contributed by atoms with Gasteiger partial charge in [-0.05, 0) is 43.0 Å². The Balaban J connectivity index is 1.73. The van der Waals surface area contributed by atoms with Crippen molar-refractivity contribution in [2.75, 3.05) is 9.96 Å². The number of nitrogens with zero attached hydrogens (tertiary/aromatic N) is 2. The van der Waals surface area contributed by atoms with Crippen molar-refractivity contribution < 1.29 is 14.4 Å². The number of para-hydroxylation sites is 2. The highest BCUT2D eigenvalue weighted by molar-refractivity contribution is 6.24. The van der Waals surface area contributed by atoms with Crippen LogP contribution in [0, 0.1) is 18.8 Å². The first-order valence-corrected chi connectivity index (χ1v) is 11.0. The topological polar surface area (TPSA) is 49.9 Å². The SMILES string of the molecule is CCCC[C@@H](CC)[C@H]1[C@H]2C(=O)N(c3ccccc3C)C(=O)[C@@H]2ON1c1ccccc1. The van der Waals surface area contributed by atoms with E-state index in [9.17, 15) is 9.59 Å². The van der Waals surface area contributed by atoms with Crippen molar-refractivity contribution in [1.29, 1.82) is 0 Å². The number of anilines is 2. The normalized spacial score (nSPS) is 24.4. The third kappa shape index (κ3) is 3.41. The van der Waals surface area contributed by atoms with E-state index in [0.717, 1.165) is 36.9 Å². The average molecular weight is 407 g/mol. The van der Waals surface area contributed by atoms with Crippen molar-refractivity contribution in [3.8, 4) is 0 Å². The molecule has 0 bridgehead atoms. The molecule has 0 saturated carbocycles. The van der Waals surface area contributed by atoms with E-state index < -0.39 is 12.0 Å². The third-order valence-electron chi connectivity index (χ3n) is 6.46. The van der Waals surface area contributed by atoms with Crippen LogP contribution in [0.5, 0.6) is 0 Å². The van der Waals surface area contributed by atoms with Crippen LogP contribution in [-0.4, -0.2) is 24.0 Å². The fraction of sp³-hybridized carbons (Fsp3) is 0.440. The van der Waals surface area contributed by atoms with E-state index in [1.165, 1.54) is 4.90 Å². The molecule has 4 atom stereocenters. The van der Waals surface area contributed by atoms with Crippen molar-refractivity contribution in [3.63, 3.8) is 0 Å². The van der Waals surface area contributed by atoms with Crippen LogP contribution in [0.4, 0.5) is 11.4 Å². The number of carbonyl (C=O) groups excluding carboxylic acids is 2. The number of fused-ring (bicyclic) bond motifs is 1. The van der Waals surface area contributed by atoms with Crippen molar-refractivity contribution in [1.82, 2.24) is 0 Å². The van der Waals surface area contributed by atoms with Crippen LogP contribution in [-0.2, 0) is 14.4 Å². The number of hydroxylamine groups is 1. The molecule has 2 amide bonds. The molecule has 0 aliphatic carbocycles. The lowest BCUT2D eigenvalue weighted by Gasteiger charge is -2.34. The Morgan fingerprint density at radius 1 is 0.967 bits per heavy atom. The Morgan fingerprint density at radius 3 is 2.33 bits per heavy atom. The molecule has 0 radical (unpaired) electrons. The molecule has 5 nitrogen and oxygen atoms in total. The van der Waals surface area contributed by atoms with Crippen molar-refractivity contribution in [2.24, 2.45) is 11.8 Å². The summed E-state index contributed by atoms with van der Waals surface area (Å²) < 4.78 is 0. The number of unbranched alkanes of at least 4 members (excludes halogenated alkanes) is 1. The van der Waals surface area contributed by atoms with Crippen LogP contribution in [0.1, 0.15) is 45.1 Å². The molecule has 0 spiro atoms. The summed E-state index contributed by atoms with van der Waals surface area (Å²) >= 11 is 0. The molecule has 30 heavy (non-hydrogen) atoms. The van der Waals surface area contributed by atoms with Crippen LogP contribution < -0.4 is 9.96 Å². The molecule has 2 heterocycles. The van der Waals surface area contributed by atoms with Crippen molar-refractivity contribution in [2.45, 2.75) is 58.6 Å². The van der Waals surface area contributed by atoms with Crippen LogP contribution in [0.3, 0.4) is 0 Å². The van der Waals surface area contributed by atoms with Gasteiger partial charge in [-0.1, -0.05) is 69.5 Å². The smallest absolute Gasteiger partial charge is 0.266 e. The van der Waals surface area contributed by atoms with Gasteiger partial charge in [0.2, 0.25) is 5.91 Å². The maximum Gasteiger partial charge on any atom is 0.266 e. The maximum atomic E-state index is 13.6. The van der Waals surface area contributed by atoms with Crippen molar-refractivity contribution in [3.05, 3.63) is 60.2 Å². The Hall–Kier alpha value is -2.66. The molecule has 4 rings (SSSR count). The highest BCUT2D eigenvalue weighted by Crippen LogP contribution is 2.44. The van der Waals surface area contributed by atoms with Gasteiger partial charge in [0.25, 0.3) is 5.91 Å². The number of carbonyl (C=O) groups is 2. The van der Waals surface area contributed by atoms with E-state index in [2.05, 4.69) is 13.8 Å². The lowest BCUT2D eigenvalue weighted by Crippen LogP contribution is -2.44. The fourth-order valence-electron chi connectivity index (χ4n) is 4.87. The average Bonchev–Trinajstić information content (AvgIpc) is 3.27. The van der Waals surface area contributed by atoms with Gasteiger partial charge in [0, 0.05) is 0 Å². The molecule has 2 aromatic carbocycles. The quantitative estimate of drug-likeness (QED) is 0.614. The van der Waals surface area contributed by atoms with E-state index in [-0.39, 0.29) is 23.8 Å². The summed E-state index contributed by atoms with van der Waals surface area (Å²) in [6.07, 6.45) is 3.38. The zero-order valence-corrected chi connectivity index (χ0v) is 18.0. The predicted molar refractivity (Wildman–Crippen MR) is 118 cm³/mol. The van der Waals surface area contributed by atoms with E-state index in [1.807, 2.05) is 66.6 Å². The Bertz CT molecular complexity index is 914. The summed E-state index contributed by atoms with van der Waals surface area (Å²) in [4.78, 5) is 34.6. The second-order valence-electron chi connectivity index (χ2n) is 8.31. The van der Waals surface area contributed by atoms with Gasteiger partial charge in [0.1, 0.15) is 0 Å². The molecule has 158 valence electrons. The zero-order chi connectivity index (χ0) is 21.3. The summed E-state index contributed by atoms with van der Waals surface area (Å²) in [6, 6.07) is 17.2. The van der Waals surface area contributed by atoms with Crippen LogP contribution in [0.2, 0.25) is 0 Å². The lowest BCUT2D eigenvalue weighted by atomic mass is 9.82. The minimum absolute atomic E-state index is 0.141. The summed E-state index contributed by atoms with van der Waals surface area (Å²) in [6.45, 7) is 6.27. The summed E-state index contributed by atoms with van der Waals surface area (Å²) in [5.74, 6) is -0.612. The number of hydrogen-bond acceptors (Lipinski definition) is 4. The fourth-order valence-corrected chi connectivity index (χ4v) is 4.87. The predicted octanol–water partition coefficient (Wildman–Crippen LogP) is 4.89. The highest BCUT2D eigenvalue weighted by atomic mass is 16.7. The minimum atomic E-state index is -0.766. The second-order valence-corrected chi connectivity index (χ2v) is 8.31. The molecule has 0 aromatic heterocycles. The van der Waals surface area contributed by atoms with Gasteiger partial charge < -0.3 is 0 Å². The lowest BCUT2D eigenvalue weighted by molar-refractivity contribution is -0.126. The molecule has 2 fully saturated rings. The minimum Gasteiger partial charge on any atom is -0.273 e. The molecule has 5 heteroatoms. The van der Waals surface area contributed by atoms with Crippen LogP contribution >= 0.6 is 0 Å². The maximum absolute atomic E-state index is 13.6. The van der Waals surface area contributed by atoms with Gasteiger partial charge >= 0.3 is 0 Å². The largest absolute Gasteiger partial charge is 0.273 e. The number of amides is 2. The first-order valence-electron chi connectivity index (χ1n) is 11.0. The number of benzene rings is 2. The second kappa shape index (κ2) is 8.60. The van der Waals surface area contributed by atoms with Crippen LogP contribution in [0.25, 0.3) is 0 Å².